The Morgan fingerprint density at radius 2 is 2.00 bits per heavy atom. The summed E-state index contributed by atoms with van der Waals surface area (Å²) >= 11 is 0. The molecule has 154 valence electrons. The number of rotatable bonds is 9. The van der Waals surface area contributed by atoms with Crippen LogP contribution in [0, 0.1) is 5.92 Å². The smallest absolute Gasteiger partial charge is 0.339 e. The molecule has 4 heteroatoms. The molecule has 28 heavy (non-hydrogen) atoms. The average Bonchev–Trinajstić information content (AvgIpc) is 2.66. The van der Waals surface area contributed by atoms with Crippen molar-refractivity contribution in [1.82, 2.24) is 0 Å². The zero-order valence-corrected chi connectivity index (χ0v) is 17.9. The Morgan fingerprint density at radius 1 is 1.29 bits per heavy atom. The third-order valence-electron chi connectivity index (χ3n) is 5.76. The van der Waals surface area contributed by atoms with E-state index >= 15 is 0 Å². The van der Waals surface area contributed by atoms with Crippen LogP contribution in [0.2, 0.25) is 0 Å². The van der Waals surface area contributed by atoms with Crippen LogP contribution in [0.4, 0.5) is 0 Å². The van der Waals surface area contributed by atoms with E-state index in [0.717, 1.165) is 48.8 Å². The number of aryl methyl sites for hydroxylation is 1. The molecule has 1 N–H and O–H groups in total. The zero-order chi connectivity index (χ0) is 20.8. The lowest BCUT2D eigenvalue weighted by Crippen LogP contribution is -2.20. The summed E-state index contributed by atoms with van der Waals surface area (Å²) in [4.78, 5) is 12.2. The molecule has 0 bridgehead atoms. The fraction of sp³-hybridized carbons (Fsp3) is 0.542. The third-order valence-corrected chi connectivity index (χ3v) is 5.76. The first-order valence-corrected chi connectivity index (χ1v) is 10.2. The number of hydrogen-bond acceptors (Lipinski definition) is 3. The van der Waals surface area contributed by atoms with Crippen LogP contribution >= 0.6 is 0 Å². The van der Waals surface area contributed by atoms with E-state index in [1.165, 1.54) is 5.57 Å². The lowest BCUT2D eigenvalue weighted by Gasteiger charge is -2.33. The van der Waals surface area contributed by atoms with Crippen molar-refractivity contribution in [2.24, 2.45) is 5.92 Å². The standard InChI is InChI=1S/C24H34O4/c1-7-8-9-10-17-14-20(27-5)22(23(28-6)21(17)24(25)26)19-13-16(4)11-12-18(19)15(2)3/h13-14,18-19H,2,7-12H2,1,3-6H3,(H,25,26)/t18-,19+/m0/s1. The molecule has 0 aromatic heterocycles. The maximum absolute atomic E-state index is 12.2. The Kier molecular flexibility index (Phi) is 7.73. The number of ether oxygens (including phenoxy) is 2. The number of carbonyl (C=O) groups is 1. The molecule has 2 atom stereocenters. The van der Waals surface area contributed by atoms with Crippen LogP contribution < -0.4 is 9.47 Å². The molecule has 0 heterocycles. The molecule has 0 fully saturated rings. The molecule has 1 aromatic carbocycles. The number of hydrogen-bond donors (Lipinski definition) is 1. The third kappa shape index (κ3) is 4.60. The first kappa shape index (κ1) is 22.1. The zero-order valence-electron chi connectivity index (χ0n) is 17.9. The Balaban J connectivity index is 2.71. The van der Waals surface area contributed by atoms with E-state index in [0.29, 0.717) is 17.9 Å². The number of unbranched alkanes of at least 4 members (excludes halogenated alkanes) is 2. The highest BCUT2D eigenvalue weighted by Gasteiger charge is 2.34. The molecule has 0 spiro atoms. The van der Waals surface area contributed by atoms with E-state index in [9.17, 15) is 9.90 Å². The highest BCUT2D eigenvalue weighted by Crippen LogP contribution is 2.48. The fourth-order valence-electron chi connectivity index (χ4n) is 4.30. The van der Waals surface area contributed by atoms with Gasteiger partial charge in [0, 0.05) is 11.5 Å². The molecular weight excluding hydrogens is 352 g/mol. The number of carboxylic acid groups (broad SMARTS) is 1. The summed E-state index contributed by atoms with van der Waals surface area (Å²) in [5, 5.41) is 9.99. The Hall–Kier alpha value is -2.23. The van der Waals surface area contributed by atoms with E-state index in [1.54, 1.807) is 14.2 Å². The summed E-state index contributed by atoms with van der Waals surface area (Å²) in [7, 11) is 3.19. The van der Waals surface area contributed by atoms with Gasteiger partial charge < -0.3 is 14.6 Å². The minimum absolute atomic E-state index is 0.000980. The van der Waals surface area contributed by atoms with E-state index in [2.05, 4.69) is 26.5 Å². The van der Waals surface area contributed by atoms with E-state index in [4.69, 9.17) is 9.47 Å². The van der Waals surface area contributed by atoms with Crippen molar-refractivity contribution in [3.05, 3.63) is 46.6 Å². The van der Waals surface area contributed by atoms with Crippen molar-refractivity contribution in [3.8, 4) is 11.5 Å². The van der Waals surface area contributed by atoms with Gasteiger partial charge in [-0.15, -0.1) is 0 Å². The predicted octanol–water partition coefficient (Wildman–Crippen LogP) is 6.15. The van der Waals surface area contributed by atoms with Crippen LogP contribution in [0.3, 0.4) is 0 Å². The highest BCUT2D eigenvalue weighted by atomic mass is 16.5. The molecule has 1 aromatic rings. The molecule has 4 nitrogen and oxygen atoms in total. The lowest BCUT2D eigenvalue weighted by atomic mass is 9.73. The monoisotopic (exact) mass is 386 g/mol. The fourth-order valence-corrected chi connectivity index (χ4v) is 4.30. The second kappa shape index (κ2) is 9.81. The van der Waals surface area contributed by atoms with Gasteiger partial charge in [0.05, 0.1) is 14.2 Å². The molecule has 0 radical (unpaired) electrons. The second-order valence-corrected chi connectivity index (χ2v) is 7.85. The van der Waals surface area contributed by atoms with Gasteiger partial charge in [-0.25, -0.2) is 4.79 Å². The number of methoxy groups -OCH3 is 2. The largest absolute Gasteiger partial charge is 0.496 e. The van der Waals surface area contributed by atoms with Crippen LogP contribution in [-0.4, -0.2) is 25.3 Å². The maximum atomic E-state index is 12.2. The molecule has 0 amide bonds. The summed E-state index contributed by atoms with van der Waals surface area (Å²) in [6.45, 7) is 10.5. The van der Waals surface area contributed by atoms with Crippen LogP contribution in [0.25, 0.3) is 0 Å². The lowest BCUT2D eigenvalue weighted by molar-refractivity contribution is 0.0691. The average molecular weight is 387 g/mol. The van der Waals surface area contributed by atoms with E-state index in [1.807, 2.05) is 13.0 Å². The Morgan fingerprint density at radius 3 is 2.54 bits per heavy atom. The minimum atomic E-state index is -0.948. The van der Waals surface area contributed by atoms with E-state index in [-0.39, 0.29) is 17.4 Å². The number of benzene rings is 1. The Labute approximate surface area is 169 Å². The van der Waals surface area contributed by atoms with Gasteiger partial charge in [0.25, 0.3) is 0 Å². The molecular formula is C24H34O4. The van der Waals surface area contributed by atoms with Gasteiger partial charge >= 0.3 is 5.97 Å². The van der Waals surface area contributed by atoms with Crippen molar-refractivity contribution in [3.63, 3.8) is 0 Å². The summed E-state index contributed by atoms with van der Waals surface area (Å²) in [6.07, 6.45) is 8.04. The van der Waals surface area contributed by atoms with Gasteiger partial charge in [0.1, 0.15) is 17.1 Å². The normalized spacial score (nSPS) is 19.1. The van der Waals surface area contributed by atoms with Gasteiger partial charge in [0.15, 0.2) is 0 Å². The number of aromatic carboxylic acids is 1. The summed E-state index contributed by atoms with van der Waals surface area (Å²) < 4.78 is 11.5. The van der Waals surface area contributed by atoms with Gasteiger partial charge in [-0.3, -0.25) is 0 Å². The predicted molar refractivity (Wildman–Crippen MR) is 114 cm³/mol. The Bertz CT molecular complexity index is 760. The first-order valence-electron chi connectivity index (χ1n) is 10.2. The molecule has 2 rings (SSSR count). The van der Waals surface area contributed by atoms with Crippen LogP contribution in [0.1, 0.15) is 80.3 Å². The van der Waals surface area contributed by atoms with E-state index < -0.39 is 5.97 Å². The van der Waals surface area contributed by atoms with Gasteiger partial charge in [-0.1, -0.05) is 43.6 Å². The summed E-state index contributed by atoms with van der Waals surface area (Å²) in [5.74, 6) is 0.421. The minimum Gasteiger partial charge on any atom is -0.496 e. The van der Waals surface area contributed by atoms with Crippen LogP contribution in [-0.2, 0) is 6.42 Å². The van der Waals surface area contributed by atoms with Crippen molar-refractivity contribution in [2.75, 3.05) is 14.2 Å². The number of allylic oxidation sites excluding steroid dienone is 3. The van der Waals surface area contributed by atoms with Gasteiger partial charge in [-0.2, -0.15) is 0 Å². The molecule has 0 saturated carbocycles. The quantitative estimate of drug-likeness (QED) is 0.408. The van der Waals surface area contributed by atoms with Crippen molar-refractivity contribution < 1.29 is 19.4 Å². The summed E-state index contributed by atoms with van der Waals surface area (Å²) in [6, 6.07) is 1.91. The topological polar surface area (TPSA) is 55.8 Å². The van der Waals surface area contributed by atoms with Crippen molar-refractivity contribution in [1.29, 1.82) is 0 Å². The SMILES string of the molecule is C=C(C)[C@@H]1CCC(C)=C[C@H]1c1c(OC)cc(CCCCC)c(C(=O)O)c1OC. The highest BCUT2D eigenvalue weighted by molar-refractivity contribution is 5.94. The molecule has 0 unspecified atom stereocenters. The maximum Gasteiger partial charge on any atom is 0.339 e. The first-order chi connectivity index (χ1) is 13.3. The van der Waals surface area contributed by atoms with Crippen molar-refractivity contribution in [2.45, 2.75) is 65.2 Å². The molecule has 0 aliphatic heterocycles. The van der Waals surface area contributed by atoms with Gasteiger partial charge in [-0.05, 0) is 57.1 Å². The van der Waals surface area contributed by atoms with Crippen LogP contribution in [0.15, 0.2) is 29.9 Å². The van der Waals surface area contributed by atoms with Crippen LogP contribution in [0.5, 0.6) is 11.5 Å². The molecule has 1 aliphatic rings. The number of carboxylic acids is 1. The van der Waals surface area contributed by atoms with Crippen molar-refractivity contribution >= 4 is 5.97 Å². The van der Waals surface area contributed by atoms with Gasteiger partial charge in [0.2, 0.25) is 0 Å². The summed E-state index contributed by atoms with van der Waals surface area (Å²) in [5.41, 5.74) is 4.28. The second-order valence-electron chi connectivity index (χ2n) is 7.85. The molecule has 0 saturated heterocycles. The molecule has 1 aliphatic carbocycles.